The second-order valence-electron chi connectivity index (χ2n) is 4.30. The number of unbranched alkanes of at least 4 members (excludes halogenated alkanes) is 2. The number of ether oxygens (including phenoxy) is 2. The van der Waals surface area contributed by atoms with Gasteiger partial charge in [-0.2, -0.15) is 0 Å². The smallest absolute Gasteiger partial charge is 0.304 e. The van der Waals surface area contributed by atoms with Crippen LogP contribution in [0.25, 0.3) is 0 Å². The van der Waals surface area contributed by atoms with Gasteiger partial charge < -0.3 is 9.47 Å². The number of esters is 1. The SMILES string of the molecule is CCCCCC1CCOC(OC(C)=O)C1. The summed E-state index contributed by atoms with van der Waals surface area (Å²) in [5.74, 6) is 0.434. The van der Waals surface area contributed by atoms with Crippen molar-refractivity contribution >= 4 is 5.97 Å². The Morgan fingerprint density at radius 1 is 1.47 bits per heavy atom. The second-order valence-corrected chi connectivity index (χ2v) is 4.30. The van der Waals surface area contributed by atoms with Crippen molar-refractivity contribution in [1.29, 1.82) is 0 Å². The predicted octanol–water partition coefficient (Wildman–Crippen LogP) is 2.88. The lowest BCUT2D eigenvalue weighted by Gasteiger charge is -2.28. The fourth-order valence-corrected chi connectivity index (χ4v) is 2.04. The van der Waals surface area contributed by atoms with Crippen molar-refractivity contribution in [1.82, 2.24) is 0 Å². The lowest BCUT2D eigenvalue weighted by atomic mass is 9.93. The molecule has 0 aromatic carbocycles. The number of carbonyl (C=O) groups is 1. The predicted molar refractivity (Wildman–Crippen MR) is 58.4 cm³/mol. The molecule has 1 rings (SSSR count). The van der Waals surface area contributed by atoms with Gasteiger partial charge in [0, 0.05) is 13.3 Å². The summed E-state index contributed by atoms with van der Waals surface area (Å²) in [6.07, 6.45) is 6.79. The molecule has 1 aliphatic rings. The third-order valence-corrected chi connectivity index (χ3v) is 2.87. The highest BCUT2D eigenvalue weighted by molar-refractivity contribution is 5.66. The molecule has 2 atom stereocenters. The molecule has 0 radical (unpaired) electrons. The summed E-state index contributed by atoms with van der Waals surface area (Å²) in [7, 11) is 0. The van der Waals surface area contributed by atoms with Crippen LogP contribution in [0.3, 0.4) is 0 Å². The fraction of sp³-hybridized carbons (Fsp3) is 0.917. The highest BCUT2D eigenvalue weighted by Gasteiger charge is 2.23. The van der Waals surface area contributed by atoms with Crippen LogP contribution in [0.2, 0.25) is 0 Å². The summed E-state index contributed by atoms with van der Waals surface area (Å²) in [4.78, 5) is 10.8. The van der Waals surface area contributed by atoms with Crippen LogP contribution >= 0.6 is 0 Å². The van der Waals surface area contributed by atoms with Crippen LogP contribution in [-0.2, 0) is 14.3 Å². The molecule has 1 saturated heterocycles. The molecule has 0 amide bonds. The molecule has 0 aliphatic carbocycles. The maximum Gasteiger partial charge on any atom is 0.304 e. The summed E-state index contributed by atoms with van der Waals surface area (Å²) in [6.45, 7) is 4.38. The quantitative estimate of drug-likeness (QED) is 0.521. The summed E-state index contributed by atoms with van der Waals surface area (Å²) in [5, 5.41) is 0. The highest BCUT2D eigenvalue weighted by atomic mass is 16.7. The summed E-state index contributed by atoms with van der Waals surface area (Å²) < 4.78 is 10.4. The van der Waals surface area contributed by atoms with Crippen molar-refractivity contribution in [3.63, 3.8) is 0 Å². The van der Waals surface area contributed by atoms with E-state index in [9.17, 15) is 4.79 Å². The first-order chi connectivity index (χ1) is 7.22. The molecule has 0 bridgehead atoms. The summed E-state index contributed by atoms with van der Waals surface area (Å²) in [6, 6.07) is 0. The summed E-state index contributed by atoms with van der Waals surface area (Å²) in [5.41, 5.74) is 0. The minimum atomic E-state index is -0.289. The minimum Gasteiger partial charge on any atom is -0.436 e. The zero-order chi connectivity index (χ0) is 11.1. The van der Waals surface area contributed by atoms with Gasteiger partial charge in [-0.15, -0.1) is 0 Å². The van der Waals surface area contributed by atoms with Crippen molar-refractivity contribution in [3.05, 3.63) is 0 Å². The number of hydrogen-bond acceptors (Lipinski definition) is 3. The lowest BCUT2D eigenvalue weighted by Crippen LogP contribution is -2.29. The largest absolute Gasteiger partial charge is 0.436 e. The Bertz CT molecular complexity index is 191. The van der Waals surface area contributed by atoms with E-state index in [0.717, 1.165) is 19.4 Å². The average molecular weight is 214 g/mol. The van der Waals surface area contributed by atoms with Crippen LogP contribution in [0.4, 0.5) is 0 Å². The molecule has 1 fully saturated rings. The first-order valence-electron chi connectivity index (χ1n) is 6.01. The topological polar surface area (TPSA) is 35.5 Å². The van der Waals surface area contributed by atoms with Gasteiger partial charge in [0.15, 0.2) is 0 Å². The van der Waals surface area contributed by atoms with E-state index in [4.69, 9.17) is 9.47 Å². The molecule has 0 aromatic heterocycles. The van der Waals surface area contributed by atoms with Gasteiger partial charge >= 0.3 is 5.97 Å². The number of carbonyl (C=O) groups excluding carboxylic acids is 1. The molecule has 0 N–H and O–H groups in total. The van der Waals surface area contributed by atoms with Gasteiger partial charge in [0.25, 0.3) is 0 Å². The Hall–Kier alpha value is -0.570. The van der Waals surface area contributed by atoms with Crippen LogP contribution in [-0.4, -0.2) is 18.9 Å². The maximum atomic E-state index is 10.8. The van der Waals surface area contributed by atoms with Crippen LogP contribution in [0.5, 0.6) is 0 Å². The van der Waals surface area contributed by atoms with E-state index in [1.54, 1.807) is 0 Å². The van der Waals surface area contributed by atoms with E-state index < -0.39 is 0 Å². The van der Waals surface area contributed by atoms with Crippen LogP contribution in [0.1, 0.15) is 52.4 Å². The maximum absolute atomic E-state index is 10.8. The van der Waals surface area contributed by atoms with E-state index in [1.165, 1.54) is 32.6 Å². The van der Waals surface area contributed by atoms with Gasteiger partial charge in [-0.3, -0.25) is 4.79 Å². The number of rotatable bonds is 5. The molecule has 15 heavy (non-hydrogen) atoms. The van der Waals surface area contributed by atoms with Crippen molar-refractivity contribution in [2.24, 2.45) is 5.92 Å². The zero-order valence-corrected chi connectivity index (χ0v) is 9.83. The average Bonchev–Trinajstić information content (AvgIpc) is 2.18. The highest BCUT2D eigenvalue weighted by Crippen LogP contribution is 2.25. The van der Waals surface area contributed by atoms with Gasteiger partial charge in [-0.1, -0.05) is 32.6 Å². The molecular weight excluding hydrogens is 192 g/mol. The monoisotopic (exact) mass is 214 g/mol. The van der Waals surface area contributed by atoms with Gasteiger partial charge in [0.2, 0.25) is 6.29 Å². The molecule has 0 saturated carbocycles. The van der Waals surface area contributed by atoms with E-state index in [1.807, 2.05) is 0 Å². The Labute approximate surface area is 92.1 Å². The third-order valence-electron chi connectivity index (χ3n) is 2.87. The second kappa shape index (κ2) is 6.83. The van der Waals surface area contributed by atoms with E-state index >= 15 is 0 Å². The van der Waals surface area contributed by atoms with Crippen molar-refractivity contribution in [3.8, 4) is 0 Å². The Balaban J connectivity index is 2.19. The van der Waals surface area contributed by atoms with Crippen LogP contribution < -0.4 is 0 Å². The van der Waals surface area contributed by atoms with E-state index in [0.29, 0.717) is 5.92 Å². The Morgan fingerprint density at radius 2 is 2.27 bits per heavy atom. The number of hydrogen-bond donors (Lipinski definition) is 0. The molecule has 88 valence electrons. The van der Waals surface area contributed by atoms with Gasteiger partial charge in [-0.05, 0) is 12.3 Å². The molecule has 1 aliphatic heterocycles. The van der Waals surface area contributed by atoms with Crippen LogP contribution in [0, 0.1) is 5.92 Å². The first-order valence-corrected chi connectivity index (χ1v) is 6.01. The molecular formula is C12H22O3. The first kappa shape index (κ1) is 12.5. The van der Waals surface area contributed by atoms with Crippen molar-refractivity contribution in [2.75, 3.05) is 6.61 Å². The molecule has 2 unspecified atom stereocenters. The van der Waals surface area contributed by atoms with E-state index in [-0.39, 0.29) is 12.3 Å². The van der Waals surface area contributed by atoms with Gasteiger partial charge in [-0.25, -0.2) is 0 Å². The zero-order valence-electron chi connectivity index (χ0n) is 9.83. The van der Waals surface area contributed by atoms with Crippen LogP contribution in [0.15, 0.2) is 0 Å². The van der Waals surface area contributed by atoms with Crippen molar-refractivity contribution in [2.45, 2.75) is 58.7 Å². The molecule has 0 aromatic rings. The van der Waals surface area contributed by atoms with Gasteiger partial charge in [0.1, 0.15) is 0 Å². The lowest BCUT2D eigenvalue weighted by molar-refractivity contribution is -0.190. The normalized spacial score (nSPS) is 26.3. The fourth-order valence-electron chi connectivity index (χ4n) is 2.04. The minimum absolute atomic E-state index is 0.241. The Kier molecular flexibility index (Phi) is 5.69. The third kappa shape index (κ3) is 5.17. The van der Waals surface area contributed by atoms with E-state index in [2.05, 4.69) is 6.92 Å². The van der Waals surface area contributed by atoms with Gasteiger partial charge in [0.05, 0.1) is 6.61 Å². The van der Waals surface area contributed by atoms with Crippen molar-refractivity contribution < 1.29 is 14.3 Å². The molecule has 3 nitrogen and oxygen atoms in total. The standard InChI is InChI=1S/C12H22O3/c1-3-4-5-6-11-7-8-14-12(9-11)15-10(2)13/h11-12H,3-9H2,1-2H3. The molecule has 1 heterocycles. The summed E-state index contributed by atoms with van der Waals surface area (Å²) >= 11 is 0. The molecule has 3 heteroatoms. The Morgan fingerprint density at radius 3 is 2.93 bits per heavy atom. The molecule has 0 spiro atoms.